The number of anilines is 2. The lowest BCUT2D eigenvalue weighted by molar-refractivity contribution is 0.0610. The largest absolute Gasteiger partial charge is 0.395 e. The number of aliphatic hydroxyl groups is 1. The first-order valence-corrected chi connectivity index (χ1v) is 13.1. The van der Waals surface area contributed by atoms with Gasteiger partial charge in [-0.3, -0.25) is 14.6 Å². The van der Waals surface area contributed by atoms with Crippen LogP contribution in [0.2, 0.25) is 5.15 Å². The molecule has 4 heterocycles. The SMILES string of the molecule is CC[C@H]1CN(c2nc(N)c(C(=O)NCCO)nc2Cl)CCN1C1CCN(Cc2ccc(C#N)nc2)CC1. The molecule has 0 spiro atoms. The van der Waals surface area contributed by atoms with E-state index in [1.165, 1.54) is 0 Å². The molecule has 2 aromatic rings. The molecule has 2 aromatic heterocycles. The Bertz CT molecular complexity index is 1120. The number of piperidine rings is 1. The number of aromatic nitrogens is 3. The summed E-state index contributed by atoms with van der Waals surface area (Å²) in [6, 6.07) is 6.69. The smallest absolute Gasteiger partial charge is 0.273 e. The van der Waals surface area contributed by atoms with Gasteiger partial charge in [-0.1, -0.05) is 24.6 Å². The maximum Gasteiger partial charge on any atom is 0.273 e. The lowest BCUT2D eigenvalue weighted by atomic mass is 9.98. The summed E-state index contributed by atoms with van der Waals surface area (Å²) in [5.41, 5.74) is 7.59. The summed E-state index contributed by atoms with van der Waals surface area (Å²) in [5, 5.41) is 20.5. The van der Waals surface area contributed by atoms with Crippen LogP contribution in [0.15, 0.2) is 18.3 Å². The molecule has 0 radical (unpaired) electrons. The molecule has 0 bridgehead atoms. The van der Waals surface area contributed by atoms with Gasteiger partial charge in [-0.25, -0.2) is 15.0 Å². The molecule has 4 rings (SSSR count). The number of nitrogens with two attached hydrogens (primary N) is 1. The van der Waals surface area contributed by atoms with Crippen molar-refractivity contribution in [1.29, 1.82) is 5.26 Å². The Balaban J connectivity index is 1.35. The summed E-state index contributed by atoms with van der Waals surface area (Å²) in [6.07, 6.45) is 5.00. The Labute approximate surface area is 222 Å². The van der Waals surface area contributed by atoms with Crippen molar-refractivity contribution in [3.05, 3.63) is 40.4 Å². The van der Waals surface area contributed by atoms with Crippen LogP contribution in [-0.4, -0.2) is 93.7 Å². The van der Waals surface area contributed by atoms with E-state index in [-0.39, 0.29) is 29.8 Å². The Kier molecular flexibility index (Phi) is 9.10. The van der Waals surface area contributed by atoms with Crippen molar-refractivity contribution in [2.75, 3.05) is 56.5 Å². The first-order valence-electron chi connectivity index (χ1n) is 12.7. The van der Waals surface area contributed by atoms with E-state index < -0.39 is 5.91 Å². The van der Waals surface area contributed by atoms with Crippen LogP contribution in [0.1, 0.15) is 47.9 Å². The fourth-order valence-electron chi connectivity index (χ4n) is 5.20. The zero-order valence-corrected chi connectivity index (χ0v) is 21.9. The molecule has 37 heavy (non-hydrogen) atoms. The van der Waals surface area contributed by atoms with Crippen LogP contribution in [0.25, 0.3) is 0 Å². The van der Waals surface area contributed by atoms with Gasteiger partial charge >= 0.3 is 0 Å². The number of nitrogens with one attached hydrogen (secondary N) is 1. The maximum atomic E-state index is 12.2. The third-order valence-electron chi connectivity index (χ3n) is 7.15. The molecule has 2 saturated heterocycles. The number of hydrogen-bond donors (Lipinski definition) is 3. The predicted molar refractivity (Wildman–Crippen MR) is 141 cm³/mol. The Morgan fingerprint density at radius 1 is 1.27 bits per heavy atom. The van der Waals surface area contributed by atoms with Crippen LogP contribution in [-0.2, 0) is 6.54 Å². The van der Waals surface area contributed by atoms with E-state index in [9.17, 15) is 4.79 Å². The lowest BCUT2D eigenvalue weighted by Crippen LogP contribution is -2.58. The number of piperazine rings is 1. The quantitative estimate of drug-likeness (QED) is 0.458. The van der Waals surface area contributed by atoms with Crippen LogP contribution in [0.4, 0.5) is 11.6 Å². The average Bonchev–Trinajstić information content (AvgIpc) is 2.93. The van der Waals surface area contributed by atoms with Crippen molar-refractivity contribution >= 4 is 29.1 Å². The van der Waals surface area contributed by atoms with Gasteiger partial charge in [0.25, 0.3) is 5.91 Å². The number of rotatable bonds is 8. The van der Waals surface area contributed by atoms with Gasteiger partial charge in [0, 0.05) is 51.0 Å². The minimum absolute atomic E-state index is 0.0233. The highest BCUT2D eigenvalue weighted by Crippen LogP contribution is 2.30. The number of carbonyl (C=O) groups is 1. The molecular weight excluding hydrogens is 494 g/mol. The molecule has 1 atom stereocenters. The van der Waals surface area contributed by atoms with Crippen LogP contribution in [0, 0.1) is 11.3 Å². The second kappa shape index (κ2) is 12.5. The zero-order valence-electron chi connectivity index (χ0n) is 21.1. The summed E-state index contributed by atoms with van der Waals surface area (Å²) in [7, 11) is 0. The molecule has 2 fully saturated rings. The molecular formula is C25H34ClN9O2. The molecule has 0 saturated carbocycles. The highest BCUT2D eigenvalue weighted by molar-refractivity contribution is 6.32. The van der Waals surface area contributed by atoms with Gasteiger partial charge in [0.15, 0.2) is 22.5 Å². The van der Waals surface area contributed by atoms with Crippen molar-refractivity contribution in [1.82, 2.24) is 30.1 Å². The summed E-state index contributed by atoms with van der Waals surface area (Å²) in [5.74, 6) is 0.0162. The molecule has 11 nitrogen and oxygen atoms in total. The molecule has 0 aliphatic carbocycles. The van der Waals surface area contributed by atoms with Crippen molar-refractivity contribution < 1.29 is 9.90 Å². The number of pyridine rings is 1. The van der Waals surface area contributed by atoms with E-state index in [2.05, 4.69) is 48.0 Å². The van der Waals surface area contributed by atoms with Gasteiger partial charge in [0.1, 0.15) is 11.8 Å². The number of nitrogens with zero attached hydrogens (tertiary/aromatic N) is 7. The summed E-state index contributed by atoms with van der Waals surface area (Å²) >= 11 is 6.45. The second-order valence-electron chi connectivity index (χ2n) is 9.47. The molecule has 0 aromatic carbocycles. The maximum absolute atomic E-state index is 12.2. The van der Waals surface area contributed by atoms with E-state index in [0.717, 1.165) is 64.1 Å². The molecule has 2 aliphatic rings. The highest BCUT2D eigenvalue weighted by atomic mass is 35.5. The Morgan fingerprint density at radius 2 is 2.05 bits per heavy atom. The van der Waals surface area contributed by atoms with Crippen LogP contribution >= 0.6 is 11.6 Å². The van der Waals surface area contributed by atoms with Crippen LogP contribution in [0.3, 0.4) is 0 Å². The van der Waals surface area contributed by atoms with Crippen molar-refractivity contribution in [3.63, 3.8) is 0 Å². The number of amides is 1. The van der Waals surface area contributed by atoms with Crippen LogP contribution in [0.5, 0.6) is 0 Å². The van der Waals surface area contributed by atoms with Crippen molar-refractivity contribution in [2.24, 2.45) is 0 Å². The number of nitrogen functional groups attached to an aromatic ring is 1. The summed E-state index contributed by atoms with van der Waals surface area (Å²) < 4.78 is 0. The third kappa shape index (κ3) is 6.45. The van der Waals surface area contributed by atoms with Crippen molar-refractivity contribution in [2.45, 2.75) is 44.8 Å². The molecule has 12 heteroatoms. The summed E-state index contributed by atoms with van der Waals surface area (Å²) in [4.78, 5) is 32.2. The molecule has 0 unspecified atom stereocenters. The third-order valence-corrected chi connectivity index (χ3v) is 7.40. The molecule has 1 amide bonds. The second-order valence-corrected chi connectivity index (χ2v) is 9.83. The first kappa shape index (κ1) is 27.0. The number of carbonyl (C=O) groups excluding carboxylic acids is 1. The molecule has 4 N–H and O–H groups in total. The van der Waals surface area contributed by atoms with Gasteiger partial charge in [-0.05, 0) is 44.0 Å². The van der Waals surface area contributed by atoms with Crippen molar-refractivity contribution in [3.8, 4) is 6.07 Å². The predicted octanol–water partition coefficient (Wildman–Crippen LogP) is 1.27. The average molecular weight is 528 g/mol. The van der Waals surface area contributed by atoms with E-state index in [0.29, 0.717) is 23.6 Å². The number of nitriles is 1. The Hall–Kier alpha value is -3.04. The lowest BCUT2D eigenvalue weighted by Gasteiger charge is -2.47. The normalized spacial score (nSPS) is 19.5. The van der Waals surface area contributed by atoms with E-state index in [4.69, 9.17) is 27.7 Å². The van der Waals surface area contributed by atoms with E-state index in [1.807, 2.05) is 6.07 Å². The molecule has 2 aliphatic heterocycles. The minimum Gasteiger partial charge on any atom is -0.395 e. The molecule has 198 valence electrons. The topological polar surface area (TPSA) is 148 Å². The number of likely N-dealkylation sites (tertiary alicyclic amines) is 1. The van der Waals surface area contributed by atoms with Crippen LogP contribution < -0.4 is 16.0 Å². The van der Waals surface area contributed by atoms with Gasteiger partial charge in [-0.15, -0.1) is 0 Å². The van der Waals surface area contributed by atoms with Gasteiger partial charge in [-0.2, -0.15) is 5.26 Å². The minimum atomic E-state index is -0.509. The van der Waals surface area contributed by atoms with E-state index >= 15 is 0 Å². The van der Waals surface area contributed by atoms with Gasteiger partial charge in [0.05, 0.1) is 6.61 Å². The number of hydrogen-bond acceptors (Lipinski definition) is 10. The monoisotopic (exact) mass is 527 g/mol. The fourth-order valence-corrected chi connectivity index (χ4v) is 5.44. The number of halogens is 1. The van der Waals surface area contributed by atoms with E-state index in [1.54, 1.807) is 12.3 Å². The summed E-state index contributed by atoms with van der Waals surface area (Å²) in [6.45, 7) is 7.41. The first-order chi connectivity index (χ1) is 17.9. The van der Waals surface area contributed by atoms with Gasteiger partial charge in [0.2, 0.25) is 0 Å². The standard InChI is InChI=1S/C25H34ClN9O2/c1-2-19-16-34(24-22(26)31-21(23(28)32-24)25(37)29-7-12-36)10-11-35(19)20-5-8-33(9-6-20)15-17-3-4-18(13-27)30-14-17/h3-4,14,19-20,36H,2,5-12,15-16H2,1H3,(H2,28,32)(H,29,37)/t19-/m0/s1. The zero-order chi connectivity index (χ0) is 26.4. The fraction of sp³-hybridized carbons (Fsp3) is 0.560. The number of aliphatic hydroxyl groups excluding tert-OH is 1. The Morgan fingerprint density at radius 3 is 2.70 bits per heavy atom. The highest BCUT2D eigenvalue weighted by Gasteiger charge is 2.34. The van der Waals surface area contributed by atoms with Gasteiger partial charge < -0.3 is 21.1 Å².